The van der Waals surface area contributed by atoms with Gasteiger partial charge >= 0.3 is 5.97 Å². The largest absolute Gasteiger partial charge is 0.462 e. The molecule has 2 unspecified atom stereocenters. The predicted octanol–water partition coefficient (Wildman–Crippen LogP) is 2.41. The van der Waals surface area contributed by atoms with Gasteiger partial charge in [-0.1, -0.05) is 6.92 Å². The normalized spacial score (nSPS) is 23.1. The van der Waals surface area contributed by atoms with Crippen LogP contribution in [0.15, 0.2) is 0 Å². The maximum absolute atomic E-state index is 12.8. The van der Waals surface area contributed by atoms with Crippen molar-refractivity contribution in [3.63, 3.8) is 0 Å². The van der Waals surface area contributed by atoms with Crippen LogP contribution in [0.2, 0.25) is 0 Å². The Morgan fingerprint density at radius 2 is 2.07 bits per heavy atom. The van der Waals surface area contributed by atoms with Gasteiger partial charge in [-0.3, -0.25) is 4.79 Å². The summed E-state index contributed by atoms with van der Waals surface area (Å²) in [5.74, 6) is -0.272. The average Bonchev–Trinajstić information content (AvgIpc) is 3.18. The first-order valence-electron chi connectivity index (χ1n) is 9.31. The first-order valence-corrected chi connectivity index (χ1v) is 12.0. The lowest BCUT2D eigenvalue weighted by Gasteiger charge is -2.21. The molecule has 1 aromatic heterocycles. The molecule has 9 heteroatoms. The number of amides is 1. The van der Waals surface area contributed by atoms with Crippen molar-refractivity contribution in [1.82, 2.24) is 4.31 Å². The summed E-state index contributed by atoms with van der Waals surface area (Å²) < 4.78 is 30.3. The quantitative estimate of drug-likeness (QED) is 0.747. The number of hydrogen-bond acceptors (Lipinski definition) is 6. The molecule has 27 heavy (non-hydrogen) atoms. The molecule has 1 saturated heterocycles. The molecule has 150 valence electrons. The Bertz CT molecular complexity index is 846. The van der Waals surface area contributed by atoms with Gasteiger partial charge in [0, 0.05) is 11.4 Å². The van der Waals surface area contributed by atoms with Gasteiger partial charge in [-0.25, -0.2) is 13.2 Å². The van der Waals surface area contributed by atoms with Gasteiger partial charge < -0.3 is 10.1 Å². The molecule has 1 fully saturated rings. The summed E-state index contributed by atoms with van der Waals surface area (Å²) in [4.78, 5) is 26.5. The smallest absolute Gasteiger partial charge is 0.341 e. The number of nitrogens with one attached hydrogen (secondary N) is 1. The van der Waals surface area contributed by atoms with Crippen molar-refractivity contribution >= 4 is 38.2 Å². The number of rotatable bonds is 5. The molecule has 1 N–H and O–H groups in total. The number of esters is 1. The van der Waals surface area contributed by atoms with Crippen LogP contribution in [0.3, 0.4) is 0 Å². The molecule has 1 aromatic rings. The van der Waals surface area contributed by atoms with Gasteiger partial charge in [0.15, 0.2) is 0 Å². The highest BCUT2D eigenvalue weighted by Crippen LogP contribution is 2.40. The van der Waals surface area contributed by atoms with Gasteiger partial charge in [0.25, 0.3) is 0 Å². The number of ether oxygens (including phenoxy) is 1. The first-order chi connectivity index (χ1) is 12.7. The zero-order chi connectivity index (χ0) is 19.8. The second-order valence-electron chi connectivity index (χ2n) is 7.30. The van der Waals surface area contributed by atoms with Gasteiger partial charge in [0.1, 0.15) is 11.0 Å². The summed E-state index contributed by atoms with van der Waals surface area (Å²) in [6.45, 7) is 4.53. The Labute approximate surface area is 164 Å². The number of carbonyl (C=O) groups excluding carboxylic acids is 2. The predicted molar refractivity (Wildman–Crippen MR) is 105 cm³/mol. The van der Waals surface area contributed by atoms with Crippen LogP contribution in [-0.4, -0.2) is 50.0 Å². The van der Waals surface area contributed by atoms with Gasteiger partial charge in [0.2, 0.25) is 15.9 Å². The minimum atomic E-state index is -3.45. The second-order valence-corrected chi connectivity index (χ2v) is 10.3. The number of fused-ring (bicyclic) bond motifs is 1. The first kappa shape index (κ1) is 20.3. The van der Waals surface area contributed by atoms with Crippen LogP contribution in [0.4, 0.5) is 5.00 Å². The van der Waals surface area contributed by atoms with E-state index in [1.54, 1.807) is 6.92 Å². The highest BCUT2D eigenvalue weighted by atomic mass is 32.2. The van der Waals surface area contributed by atoms with Crippen molar-refractivity contribution in [3.8, 4) is 0 Å². The van der Waals surface area contributed by atoms with Crippen molar-refractivity contribution in [2.45, 2.75) is 52.0 Å². The van der Waals surface area contributed by atoms with Crippen LogP contribution in [-0.2, 0) is 32.4 Å². The van der Waals surface area contributed by atoms with E-state index >= 15 is 0 Å². The van der Waals surface area contributed by atoms with Crippen molar-refractivity contribution in [1.29, 1.82) is 0 Å². The third-order valence-electron chi connectivity index (χ3n) is 5.16. The number of sulfonamides is 1. The van der Waals surface area contributed by atoms with Crippen LogP contribution >= 0.6 is 11.3 Å². The SMILES string of the molecule is CCOC(=O)c1c(NC(=O)C2CCCN2S(C)(=O)=O)sc2c1CCC(C)C2. The van der Waals surface area contributed by atoms with Gasteiger partial charge in [-0.05, 0) is 50.5 Å². The topological polar surface area (TPSA) is 92.8 Å². The lowest BCUT2D eigenvalue weighted by atomic mass is 9.88. The van der Waals surface area contributed by atoms with Crippen molar-refractivity contribution in [2.24, 2.45) is 5.92 Å². The fourth-order valence-electron chi connectivity index (χ4n) is 3.85. The average molecular weight is 415 g/mol. The summed E-state index contributed by atoms with van der Waals surface area (Å²) in [5.41, 5.74) is 1.42. The van der Waals surface area contributed by atoms with Gasteiger partial charge in [-0.2, -0.15) is 4.31 Å². The third-order valence-corrected chi connectivity index (χ3v) is 7.62. The van der Waals surface area contributed by atoms with Crippen LogP contribution in [0, 0.1) is 5.92 Å². The second kappa shape index (κ2) is 7.89. The zero-order valence-electron chi connectivity index (χ0n) is 15.9. The molecular weight excluding hydrogens is 388 g/mol. The molecule has 3 rings (SSSR count). The van der Waals surface area contributed by atoms with Crippen LogP contribution in [0.1, 0.15) is 53.9 Å². The monoisotopic (exact) mass is 414 g/mol. The Balaban J connectivity index is 1.90. The number of thiophene rings is 1. The fraction of sp³-hybridized carbons (Fsp3) is 0.667. The highest BCUT2D eigenvalue weighted by Gasteiger charge is 2.38. The van der Waals surface area contributed by atoms with Crippen LogP contribution in [0.25, 0.3) is 0 Å². The Hall–Kier alpha value is -1.45. The third kappa shape index (κ3) is 4.20. The van der Waals surface area contributed by atoms with E-state index in [-0.39, 0.29) is 12.5 Å². The molecular formula is C18H26N2O5S2. The Morgan fingerprint density at radius 3 is 2.74 bits per heavy atom. The number of anilines is 1. The molecule has 1 amide bonds. The Morgan fingerprint density at radius 1 is 1.33 bits per heavy atom. The molecule has 1 aliphatic carbocycles. The molecule has 2 aliphatic rings. The minimum Gasteiger partial charge on any atom is -0.462 e. The van der Waals surface area contributed by atoms with Crippen molar-refractivity contribution < 1.29 is 22.7 Å². The van der Waals surface area contributed by atoms with E-state index in [1.165, 1.54) is 15.6 Å². The summed E-state index contributed by atoms with van der Waals surface area (Å²) in [7, 11) is -3.45. The van der Waals surface area contributed by atoms with E-state index in [1.807, 2.05) is 0 Å². The number of nitrogens with zero attached hydrogens (tertiary/aromatic N) is 1. The van der Waals surface area contributed by atoms with E-state index in [9.17, 15) is 18.0 Å². The zero-order valence-corrected chi connectivity index (χ0v) is 17.5. The Kier molecular flexibility index (Phi) is 5.93. The van der Waals surface area contributed by atoms with E-state index < -0.39 is 22.0 Å². The molecule has 1 aliphatic heterocycles. The molecule has 7 nitrogen and oxygen atoms in total. The van der Waals surface area contributed by atoms with E-state index in [0.717, 1.165) is 36.0 Å². The number of carbonyl (C=O) groups is 2. The standard InChI is InChI=1S/C18H26N2O5S2/c1-4-25-18(22)15-12-8-7-11(2)10-14(12)26-17(15)19-16(21)13-6-5-9-20(13)27(3,23)24/h11,13H,4-10H2,1-3H3,(H,19,21). The summed E-state index contributed by atoms with van der Waals surface area (Å²) in [6, 6.07) is -0.729. The number of hydrogen-bond donors (Lipinski definition) is 1. The molecule has 0 spiro atoms. The van der Waals surface area contributed by atoms with E-state index in [2.05, 4.69) is 12.2 Å². The summed E-state index contributed by atoms with van der Waals surface area (Å²) in [6.07, 6.45) is 4.91. The molecule has 0 saturated carbocycles. The van der Waals surface area contributed by atoms with Gasteiger partial charge in [-0.15, -0.1) is 11.3 Å². The summed E-state index contributed by atoms with van der Waals surface area (Å²) >= 11 is 1.41. The highest BCUT2D eigenvalue weighted by molar-refractivity contribution is 7.88. The summed E-state index contributed by atoms with van der Waals surface area (Å²) in [5, 5.41) is 3.32. The molecule has 0 radical (unpaired) electrons. The molecule has 0 aromatic carbocycles. The molecule has 0 bridgehead atoms. The van der Waals surface area contributed by atoms with E-state index in [4.69, 9.17) is 4.74 Å². The van der Waals surface area contributed by atoms with Crippen molar-refractivity contribution in [3.05, 3.63) is 16.0 Å². The fourth-order valence-corrected chi connectivity index (χ4v) is 6.38. The maximum atomic E-state index is 12.8. The lowest BCUT2D eigenvalue weighted by molar-refractivity contribution is -0.119. The van der Waals surface area contributed by atoms with Gasteiger partial charge in [0.05, 0.1) is 18.4 Å². The minimum absolute atomic E-state index is 0.262. The van der Waals surface area contributed by atoms with Crippen LogP contribution in [0.5, 0.6) is 0 Å². The molecule has 2 atom stereocenters. The maximum Gasteiger partial charge on any atom is 0.341 e. The molecule has 2 heterocycles. The van der Waals surface area contributed by atoms with Crippen LogP contribution < -0.4 is 5.32 Å². The van der Waals surface area contributed by atoms with E-state index in [0.29, 0.717) is 35.9 Å². The lowest BCUT2D eigenvalue weighted by Crippen LogP contribution is -2.42. The van der Waals surface area contributed by atoms with Crippen molar-refractivity contribution in [2.75, 3.05) is 24.7 Å².